The van der Waals surface area contributed by atoms with E-state index in [9.17, 15) is 37.9 Å². The van der Waals surface area contributed by atoms with Gasteiger partial charge in [0.05, 0.1) is 61.3 Å². The van der Waals surface area contributed by atoms with Crippen molar-refractivity contribution in [1.29, 1.82) is 5.26 Å². The fraction of sp³-hybridized carbons (Fsp3) is 0.544. The van der Waals surface area contributed by atoms with Crippen LogP contribution in [0.1, 0.15) is 107 Å². The number of rotatable bonds is 18. The Morgan fingerprint density at radius 2 is 1.68 bits per heavy atom. The predicted octanol–water partition coefficient (Wildman–Crippen LogP) is 6.91. The minimum atomic E-state index is -4.71. The van der Waals surface area contributed by atoms with Crippen molar-refractivity contribution in [1.82, 2.24) is 30.7 Å². The number of nitrogens with one attached hydrogen (secondary N) is 3. The predicted molar refractivity (Wildman–Crippen MR) is 282 cm³/mol. The summed E-state index contributed by atoms with van der Waals surface area (Å²) in [4.78, 5) is 57.1. The highest BCUT2D eigenvalue weighted by Crippen LogP contribution is 2.56. The molecule has 408 valence electrons. The molecule has 0 bridgehead atoms. The van der Waals surface area contributed by atoms with Gasteiger partial charge in [0.25, 0.3) is 5.91 Å². The minimum Gasteiger partial charge on any atom is -0.489 e. The number of allylic oxidation sites excluding steroid dienone is 2. The van der Waals surface area contributed by atoms with Crippen molar-refractivity contribution in [2.24, 2.45) is 27.2 Å². The van der Waals surface area contributed by atoms with Gasteiger partial charge in [-0.25, -0.2) is 4.98 Å². The lowest BCUT2D eigenvalue weighted by Crippen LogP contribution is -2.74. The van der Waals surface area contributed by atoms with Crippen LogP contribution in [-0.2, 0) is 25.2 Å². The molecule has 4 fully saturated rings. The van der Waals surface area contributed by atoms with Gasteiger partial charge in [0, 0.05) is 98.7 Å². The number of hydrogen-bond acceptors (Lipinski definition) is 13. The number of nitrogens with zero attached hydrogens (tertiary/aromatic N) is 6. The molecule has 4 atom stereocenters. The molecule has 1 unspecified atom stereocenters. The number of aliphatic hydroxyl groups is 1. The number of carbonyl (C=O) groups is 3. The largest absolute Gasteiger partial charge is 0.489 e. The third-order valence-electron chi connectivity index (χ3n) is 15.7. The average Bonchev–Trinajstić information content (AvgIpc) is 4.11. The molecule has 3 amide bonds. The molecule has 1 aromatic heterocycles. The van der Waals surface area contributed by atoms with Crippen LogP contribution in [0.4, 0.5) is 19.0 Å². The summed E-state index contributed by atoms with van der Waals surface area (Å²) < 4.78 is 58.7. The topological polar surface area (TPSA) is 194 Å². The number of piperazine rings is 1. The van der Waals surface area contributed by atoms with Crippen LogP contribution in [-0.4, -0.2) is 140 Å². The van der Waals surface area contributed by atoms with Gasteiger partial charge in [0.2, 0.25) is 11.8 Å². The number of likely N-dealkylation sites (tertiary alicyclic amines) is 1. The second-order valence-electron chi connectivity index (χ2n) is 23.1. The molecule has 1 saturated carbocycles. The van der Waals surface area contributed by atoms with Crippen molar-refractivity contribution in [2.45, 2.75) is 111 Å². The molecule has 3 saturated heterocycles. The number of aliphatic imine (C=N–C) groups is 1. The van der Waals surface area contributed by atoms with E-state index in [1.807, 2.05) is 79.8 Å². The molecule has 19 heteroatoms. The first-order chi connectivity index (χ1) is 35.9. The van der Waals surface area contributed by atoms with E-state index in [4.69, 9.17) is 14.2 Å². The fourth-order valence-corrected chi connectivity index (χ4v) is 11.6. The number of hydrogen-bond donors (Lipinski definition) is 4. The van der Waals surface area contributed by atoms with E-state index in [0.29, 0.717) is 50.7 Å². The lowest BCUT2D eigenvalue weighted by Gasteiger charge is -2.63. The van der Waals surface area contributed by atoms with Gasteiger partial charge in [-0.2, -0.15) is 18.4 Å². The second-order valence-corrected chi connectivity index (χ2v) is 23.1. The molecule has 3 aromatic rings. The molecule has 16 nitrogen and oxygen atoms in total. The van der Waals surface area contributed by atoms with Gasteiger partial charge in [-0.1, -0.05) is 79.3 Å². The van der Waals surface area contributed by atoms with Gasteiger partial charge in [0.1, 0.15) is 29.8 Å². The summed E-state index contributed by atoms with van der Waals surface area (Å²) in [5.74, 6) is -0.129. The Balaban J connectivity index is 0.775. The molecular weight excluding hydrogens is 980 g/mol. The van der Waals surface area contributed by atoms with Crippen molar-refractivity contribution < 1.29 is 46.9 Å². The zero-order chi connectivity index (χ0) is 54.9. The maximum atomic E-state index is 14.4. The maximum Gasteiger partial charge on any atom is 0.417 e. The summed E-state index contributed by atoms with van der Waals surface area (Å²) in [6, 6.07) is 14.3. The van der Waals surface area contributed by atoms with Gasteiger partial charge in [-0.05, 0) is 59.4 Å². The number of carbonyl (C=O) groups excluding carboxylic acids is 3. The number of anilines is 1. The SMILES string of the molecule is C=C(COCCN1CCN(c2ccc(C(=O)NC3C(C)(C)C(Oc4ccc(C#N)c(C(F)(F)F)c4)C3(C)C)cn2)CC1)N[C@H](C(=O)N1C[C@H](O)C[C@H]1C(=O)NC(c1ccc(C2=C(C)N=CC2)cc1)C1COC1)C(C)(C)C. The van der Waals surface area contributed by atoms with Gasteiger partial charge in [-0.3, -0.25) is 24.3 Å². The number of amides is 3. The molecule has 4 N–H and O–H groups in total. The van der Waals surface area contributed by atoms with Crippen molar-refractivity contribution in [3.05, 3.63) is 107 Å². The van der Waals surface area contributed by atoms with Crippen LogP contribution in [0.2, 0.25) is 0 Å². The Labute approximate surface area is 443 Å². The molecule has 4 aliphatic heterocycles. The van der Waals surface area contributed by atoms with E-state index in [0.717, 1.165) is 54.3 Å². The molecule has 2 aromatic carbocycles. The highest BCUT2D eigenvalue weighted by molar-refractivity contribution is 5.94. The maximum absolute atomic E-state index is 14.4. The third-order valence-corrected chi connectivity index (χ3v) is 15.7. The van der Waals surface area contributed by atoms with Crippen molar-refractivity contribution >= 4 is 35.3 Å². The van der Waals surface area contributed by atoms with Crippen LogP contribution in [0.5, 0.6) is 5.75 Å². The molecular formula is C57H72F3N9O7. The highest BCUT2D eigenvalue weighted by atomic mass is 19.4. The van der Waals surface area contributed by atoms with Crippen molar-refractivity contribution in [3.8, 4) is 11.8 Å². The molecule has 76 heavy (non-hydrogen) atoms. The van der Waals surface area contributed by atoms with Gasteiger partial charge < -0.3 is 45.1 Å². The lowest BCUT2D eigenvalue weighted by molar-refractivity contribution is -0.164. The van der Waals surface area contributed by atoms with Crippen LogP contribution in [0.3, 0.4) is 0 Å². The first-order valence-electron chi connectivity index (χ1n) is 26.1. The number of β-amino-alcohol motifs (C(OH)–C–C–N with tert-alkyl or cyclic N) is 1. The fourth-order valence-electron chi connectivity index (χ4n) is 11.6. The summed E-state index contributed by atoms with van der Waals surface area (Å²) >= 11 is 0. The Morgan fingerprint density at radius 1 is 0.987 bits per heavy atom. The molecule has 5 aliphatic rings. The molecule has 0 radical (unpaired) electrons. The number of nitriles is 1. The van der Waals surface area contributed by atoms with Gasteiger partial charge >= 0.3 is 6.18 Å². The van der Waals surface area contributed by atoms with Crippen LogP contribution < -0.4 is 25.6 Å². The smallest absolute Gasteiger partial charge is 0.417 e. The molecule has 5 heterocycles. The van der Waals surface area contributed by atoms with E-state index >= 15 is 0 Å². The molecule has 0 spiro atoms. The van der Waals surface area contributed by atoms with Crippen molar-refractivity contribution in [2.75, 3.05) is 70.6 Å². The Kier molecular flexibility index (Phi) is 16.4. The number of aliphatic hydroxyl groups excluding tert-OH is 1. The standard InChI is InChI=1S/C57H72F3N9O7/c1-34(64-48(54(3,4)5)51(73)69-30-41(70)26-45(69)50(72)65-47(40-32-75-33-40)37-12-10-36(11-13-37)43-18-19-62-35(43)2)31-74-25-24-67-20-22-68(23-21-67)46-17-15-39(29-63-46)49(71)66-52-55(6,7)53(56(52,8)9)76-42-16-14-38(28-61)44(27-42)57(58,59)60/h10-17,19,27,29,40-41,45,47-48,52-53,64,70H,1,18,20-26,30-33H2,2-9H3,(H,65,72)(H,66,71)/t41-,45+,47?,48-,52?,53?/m1/s1. The first kappa shape index (κ1) is 55.9. The third kappa shape index (κ3) is 12.1. The minimum absolute atomic E-state index is 0.000896. The number of ether oxygens (including phenoxy) is 3. The van der Waals surface area contributed by atoms with Crippen LogP contribution >= 0.6 is 0 Å². The van der Waals surface area contributed by atoms with Crippen molar-refractivity contribution in [3.63, 3.8) is 0 Å². The summed E-state index contributed by atoms with van der Waals surface area (Å²) in [5.41, 5.74) is 1.70. The van der Waals surface area contributed by atoms with Gasteiger partial charge in [0.15, 0.2) is 0 Å². The van der Waals surface area contributed by atoms with Crippen LogP contribution in [0, 0.1) is 33.5 Å². The summed E-state index contributed by atoms with van der Waals surface area (Å²) in [5, 5.41) is 29.7. The lowest BCUT2D eigenvalue weighted by atomic mass is 9.49. The number of benzene rings is 2. The van der Waals surface area contributed by atoms with E-state index in [1.54, 1.807) is 18.3 Å². The highest BCUT2D eigenvalue weighted by Gasteiger charge is 2.64. The quantitative estimate of drug-likeness (QED) is 0.0964. The van der Waals surface area contributed by atoms with Crippen LogP contribution in [0.25, 0.3) is 5.57 Å². The van der Waals surface area contributed by atoms with Gasteiger partial charge in [-0.15, -0.1) is 0 Å². The number of alkyl halides is 3. The summed E-state index contributed by atoms with van der Waals surface area (Å²) in [7, 11) is 0. The summed E-state index contributed by atoms with van der Waals surface area (Å²) in [6.45, 7) is 24.9. The zero-order valence-corrected chi connectivity index (χ0v) is 44.8. The number of pyridine rings is 1. The molecule has 8 rings (SSSR count). The average molecular weight is 1050 g/mol. The zero-order valence-electron chi connectivity index (χ0n) is 44.8. The number of halogens is 3. The van der Waals surface area contributed by atoms with E-state index in [1.165, 1.54) is 16.5 Å². The monoisotopic (exact) mass is 1050 g/mol. The normalized spacial score (nSPS) is 23.2. The Morgan fingerprint density at radius 3 is 2.26 bits per heavy atom. The second kappa shape index (κ2) is 22.3. The summed E-state index contributed by atoms with van der Waals surface area (Å²) in [6.07, 6.45) is -1.74. The Bertz CT molecular complexity index is 2720. The van der Waals surface area contributed by atoms with Crippen LogP contribution in [0.15, 0.2) is 83.8 Å². The van der Waals surface area contributed by atoms with E-state index in [-0.39, 0.29) is 61.0 Å². The van der Waals surface area contributed by atoms with E-state index in [2.05, 4.69) is 54.4 Å². The first-order valence-corrected chi connectivity index (χ1v) is 26.1. The number of aromatic nitrogens is 1. The Hall–Kier alpha value is -6.33. The van der Waals surface area contributed by atoms with E-state index < -0.39 is 57.8 Å². The molecule has 1 aliphatic carbocycles.